The largest absolute Gasteiger partial charge is 0.351 e. The second-order valence-electron chi connectivity index (χ2n) is 5.65. The summed E-state index contributed by atoms with van der Waals surface area (Å²) in [6.45, 7) is 2.69. The maximum absolute atomic E-state index is 13.8. The lowest BCUT2D eigenvalue weighted by Crippen LogP contribution is -2.47. The molecule has 0 spiro atoms. The first-order valence-electron chi connectivity index (χ1n) is 8.00. The highest BCUT2D eigenvalue weighted by molar-refractivity contribution is 5.59. The number of rotatable bonds is 3. The first-order chi connectivity index (χ1) is 12.3. The molecular formula is C17H16FN7. The maximum atomic E-state index is 13.8. The van der Waals surface area contributed by atoms with Crippen LogP contribution in [0.1, 0.15) is 0 Å². The lowest BCUT2D eigenvalue weighted by atomic mass is 10.2. The van der Waals surface area contributed by atoms with Gasteiger partial charge in [-0.3, -0.25) is 4.98 Å². The summed E-state index contributed by atoms with van der Waals surface area (Å²) in [6.07, 6.45) is 7.80. The number of anilines is 2. The normalized spacial score (nSPS) is 14.6. The Morgan fingerprint density at radius 1 is 0.840 bits per heavy atom. The van der Waals surface area contributed by atoms with Crippen LogP contribution in [0.3, 0.4) is 0 Å². The van der Waals surface area contributed by atoms with Crippen molar-refractivity contribution in [1.29, 1.82) is 0 Å². The van der Waals surface area contributed by atoms with Crippen molar-refractivity contribution in [3.8, 4) is 11.3 Å². The van der Waals surface area contributed by atoms with Gasteiger partial charge in [0, 0.05) is 50.3 Å². The Bertz CT molecular complexity index is 850. The van der Waals surface area contributed by atoms with Crippen molar-refractivity contribution in [1.82, 2.24) is 24.9 Å². The minimum atomic E-state index is -0.396. The third kappa shape index (κ3) is 3.23. The Hall–Kier alpha value is -3.16. The molecule has 4 rings (SSSR count). The summed E-state index contributed by atoms with van der Waals surface area (Å²) in [6, 6.07) is 5.72. The first kappa shape index (κ1) is 15.4. The molecule has 126 valence electrons. The third-order valence-corrected chi connectivity index (χ3v) is 4.13. The van der Waals surface area contributed by atoms with E-state index in [1.807, 2.05) is 23.1 Å². The molecule has 0 bridgehead atoms. The summed E-state index contributed by atoms with van der Waals surface area (Å²) in [5.74, 6) is 0.630. The van der Waals surface area contributed by atoms with Crippen LogP contribution in [0.2, 0.25) is 0 Å². The highest BCUT2D eigenvalue weighted by atomic mass is 19.1. The van der Waals surface area contributed by atoms with E-state index in [4.69, 9.17) is 0 Å². The van der Waals surface area contributed by atoms with Crippen molar-refractivity contribution in [3.63, 3.8) is 0 Å². The Labute approximate surface area is 144 Å². The summed E-state index contributed by atoms with van der Waals surface area (Å²) in [7, 11) is 0. The van der Waals surface area contributed by atoms with Crippen molar-refractivity contribution in [2.45, 2.75) is 0 Å². The molecule has 0 atom stereocenters. The van der Waals surface area contributed by atoms with Gasteiger partial charge in [0.2, 0.25) is 5.95 Å². The van der Waals surface area contributed by atoms with Gasteiger partial charge in [-0.2, -0.15) is 0 Å². The van der Waals surface area contributed by atoms with Gasteiger partial charge < -0.3 is 9.80 Å². The highest BCUT2D eigenvalue weighted by Gasteiger charge is 2.22. The summed E-state index contributed by atoms with van der Waals surface area (Å²) in [4.78, 5) is 24.8. The van der Waals surface area contributed by atoms with Gasteiger partial charge in [0.15, 0.2) is 11.6 Å². The van der Waals surface area contributed by atoms with Crippen molar-refractivity contribution >= 4 is 11.8 Å². The second-order valence-corrected chi connectivity index (χ2v) is 5.65. The van der Waals surface area contributed by atoms with Crippen LogP contribution in [-0.2, 0) is 0 Å². The predicted molar refractivity (Wildman–Crippen MR) is 91.7 cm³/mol. The molecule has 3 aromatic heterocycles. The van der Waals surface area contributed by atoms with Gasteiger partial charge in [0.1, 0.15) is 6.33 Å². The van der Waals surface area contributed by atoms with E-state index in [1.165, 1.54) is 12.5 Å². The third-order valence-electron chi connectivity index (χ3n) is 4.13. The molecule has 0 aromatic carbocycles. The number of aromatic nitrogens is 5. The quantitative estimate of drug-likeness (QED) is 0.721. The van der Waals surface area contributed by atoms with Crippen LogP contribution in [0.5, 0.6) is 0 Å². The number of pyridine rings is 1. The van der Waals surface area contributed by atoms with E-state index in [1.54, 1.807) is 18.6 Å². The topological polar surface area (TPSA) is 70.9 Å². The minimum Gasteiger partial charge on any atom is -0.351 e. The fraction of sp³-hybridized carbons (Fsp3) is 0.235. The molecule has 1 saturated heterocycles. The fourth-order valence-electron chi connectivity index (χ4n) is 2.84. The average Bonchev–Trinajstić information content (AvgIpc) is 2.69. The second kappa shape index (κ2) is 6.76. The van der Waals surface area contributed by atoms with E-state index < -0.39 is 5.82 Å². The van der Waals surface area contributed by atoms with Crippen LogP contribution >= 0.6 is 0 Å². The molecule has 0 N–H and O–H groups in total. The zero-order valence-electron chi connectivity index (χ0n) is 13.5. The lowest BCUT2D eigenvalue weighted by molar-refractivity contribution is 0.579. The van der Waals surface area contributed by atoms with Crippen LogP contribution in [0.4, 0.5) is 16.2 Å². The molecule has 7 nitrogen and oxygen atoms in total. The minimum absolute atomic E-state index is 0.348. The van der Waals surface area contributed by atoms with Crippen LogP contribution in [0.25, 0.3) is 11.3 Å². The Morgan fingerprint density at radius 3 is 2.36 bits per heavy atom. The Morgan fingerprint density at radius 2 is 1.60 bits per heavy atom. The molecule has 25 heavy (non-hydrogen) atoms. The predicted octanol–water partition coefficient (Wildman–Crippen LogP) is 1.79. The fourth-order valence-corrected chi connectivity index (χ4v) is 2.84. The van der Waals surface area contributed by atoms with Gasteiger partial charge in [-0.1, -0.05) is 0 Å². The number of piperazine rings is 1. The molecule has 4 heterocycles. The number of hydrogen-bond acceptors (Lipinski definition) is 7. The summed E-state index contributed by atoms with van der Waals surface area (Å²) < 4.78 is 13.8. The van der Waals surface area contributed by atoms with E-state index in [9.17, 15) is 4.39 Å². The maximum Gasteiger partial charge on any atom is 0.225 e. The molecule has 1 aliphatic heterocycles. The van der Waals surface area contributed by atoms with Crippen molar-refractivity contribution in [2.75, 3.05) is 36.0 Å². The van der Waals surface area contributed by atoms with Crippen LogP contribution in [0, 0.1) is 5.82 Å². The molecule has 0 amide bonds. The molecule has 0 radical (unpaired) electrons. The van der Waals surface area contributed by atoms with Crippen LogP contribution in [-0.4, -0.2) is 51.1 Å². The molecule has 0 unspecified atom stereocenters. The van der Waals surface area contributed by atoms with Crippen molar-refractivity contribution in [2.24, 2.45) is 0 Å². The number of hydrogen-bond donors (Lipinski definition) is 0. The Balaban J connectivity index is 1.49. The van der Waals surface area contributed by atoms with E-state index in [0.717, 1.165) is 11.3 Å². The van der Waals surface area contributed by atoms with Crippen LogP contribution in [0.15, 0.2) is 49.3 Å². The van der Waals surface area contributed by atoms with Gasteiger partial charge in [-0.15, -0.1) is 0 Å². The summed E-state index contributed by atoms with van der Waals surface area (Å²) in [5.41, 5.74) is 1.86. The molecular weight excluding hydrogens is 321 g/mol. The zero-order valence-corrected chi connectivity index (χ0v) is 13.5. The molecule has 0 aliphatic carbocycles. The summed E-state index contributed by atoms with van der Waals surface area (Å²) >= 11 is 0. The average molecular weight is 337 g/mol. The number of halogens is 1. The van der Waals surface area contributed by atoms with Crippen molar-refractivity contribution < 1.29 is 4.39 Å². The van der Waals surface area contributed by atoms with E-state index >= 15 is 0 Å². The number of nitrogens with zero attached hydrogens (tertiary/aromatic N) is 7. The van der Waals surface area contributed by atoms with E-state index in [-0.39, 0.29) is 0 Å². The smallest absolute Gasteiger partial charge is 0.225 e. The van der Waals surface area contributed by atoms with Gasteiger partial charge in [-0.25, -0.2) is 24.3 Å². The molecule has 1 fully saturated rings. The van der Waals surface area contributed by atoms with Crippen LogP contribution < -0.4 is 9.80 Å². The van der Waals surface area contributed by atoms with Gasteiger partial charge in [0.25, 0.3) is 0 Å². The molecule has 3 aromatic rings. The van der Waals surface area contributed by atoms with E-state index in [0.29, 0.717) is 37.9 Å². The van der Waals surface area contributed by atoms with E-state index in [2.05, 4.69) is 29.8 Å². The standard InChI is InChI=1S/C17H16FN7/c18-14-11-20-12-22-16(14)24-7-9-25(10-8-24)17-21-6-3-15(23-17)13-1-4-19-5-2-13/h1-6,11-12H,7-10H2. The highest BCUT2D eigenvalue weighted by Crippen LogP contribution is 2.21. The van der Waals surface area contributed by atoms with Gasteiger partial charge in [0.05, 0.1) is 11.9 Å². The van der Waals surface area contributed by atoms with Gasteiger partial charge in [-0.05, 0) is 18.2 Å². The monoisotopic (exact) mass is 337 g/mol. The SMILES string of the molecule is Fc1cncnc1N1CCN(c2nccc(-c3ccncc3)n2)CC1. The lowest BCUT2D eigenvalue weighted by Gasteiger charge is -2.35. The Kier molecular flexibility index (Phi) is 4.16. The van der Waals surface area contributed by atoms with Gasteiger partial charge >= 0.3 is 0 Å². The first-order valence-corrected chi connectivity index (χ1v) is 8.00. The molecule has 8 heteroatoms. The van der Waals surface area contributed by atoms with Crippen molar-refractivity contribution in [3.05, 3.63) is 55.1 Å². The zero-order chi connectivity index (χ0) is 17.1. The molecule has 0 saturated carbocycles. The summed E-state index contributed by atoms with van der Waals surface area (Å²) in [5, 5.41) is 0. The molecule has 1 aliphatic rings.